The van der Waals surface area contributed by atoms with Gasteiger partial charge in [0.05, 0.1) is 18.2 Å². The number of carbonyl (C=O) groups is 2. The van der Waals surface area contributed by atoms with Crippen LogP contribution in [0.4, 0.5) is 0 Å². The third-order valence-corrected chi connectivity index (χ3v) is 4.29. The Labute approximate surface area is 121 Å². The van der Waals surface area contributed by atoms with Crippen molar-refractivity contribution >= 4 is 23.2 Å². The summed E-state index contributed by atoms with van der Waals surface area (Å²) in [5.74, 6) is -0.794. The van der Waals surface area contributed by atoms with Crippen LogP contribution < -0.4 is 5.32 Å². The molecule has 1 aromatic rings. The van der Waals surface area contributed by atoms with Gasteiger partial charge in [0.1, 0.15) is 5.69 Å². The molecule has 2 unspecified atom stereocenters. The summed E-state index contributed by atoms with van der Waals surface area (Å²) in [5, 5.41) is 4.69. The van der Waals surface area contributed by atoms with Gasteiger partial charge in [-0.3, -0.25) is 4.79 Å². The van der Waals surface area contributed by atoms with E-state index in [1.54, 1.807) is 12.3 Å². The molecule has 0 aromatic carbocycles. The SMILES string of the molecule is CCOC(=O)c1nc(C(=O)NC2(C)CCOC2C)cs1. The Morgan fingerprint density at radius 1 is 1.65 bits per heavy atom. The summed E-state index contributed by atoms with van der Waals surface area (Å²) in [6.45, 7) is 6.51. The van der Waals surface area contributed by atoms with Crippen LogP contribution in [0, 0.1) is 0 Å². The second kappa shape index (κ2) is 5.88. The van der Waals surface area contributed by atoms with Crippen molar-refractivity contribution in [3.05, 3.63) is 16.1 Å². The van der Waals surface area contributed by atoms with Gasteiger partial charge in [0.25, 0.3) is 5.91 Å². The monoisotopic (exact) mass is 298 g/mol. The highest BCUT2D eigenvalue weighted by Gasteiger charge is 2.38. The first-order valence-corrected chi connectivity index (χ1v) is 7.41. The topological polar surface area (TPSA) is 77.5 Å². The van der Waals surface area contributed by atoms with E-state index in [9.17, 15) is 9.59 Å². The number of rotatable bonds is 4. The number of carbonyl (C=O) groups excluding carboxylic acids is 2. The molecule has 1 fully saturated rings. The third kappa shape index (κ3) is 2.99. The zero-order valence-corrected chi connectivity index (χ0v) is 12.6. The fraction of sp³-hybridized carbons (Fsp3) is 0.615. The standard InChI is InChI=1S/C13H18N2O4S/c1-4-18-12(17)11-14-9(7-20-11)10(16)15-13(3)5-6-19-8(13)2/h7-8H,4-6H2,1-3H3,(H,15,16). The molecule has 0 bridgehead atoms. The Kier molecular flexibility index (Phi) is 4.39. The Morgan fingerprint density at radius 3 is 3.00 bits per heavy atom. The van der Waals surface area contributed by atoms with Gasteiger partial charge in [-0.15, -0.1) is 11.3 Å². The molecule has 2 atom stereocenters. The van der Waals surface area contributed by atoms with Gasteiger partial charge in [-0.2, -0.15) is 0 Å². The van der Waals surface area contributed by atoms with Crippen molar-refractivity contribution < 1.29 is 19.1 Å². The van der Waals surface area contributed by atoms with E-state index in [4.69, 9.17) is 9.47 Å². The molecule has 20 heavy (non-hydrogen) atoms. The molecule has 1 N–H and O–H groups in total. The first-order chi connectivity index (χ1) is 9.46. The van der Waals surface area contributed by atoms with Gasteiger partial charge >= 0.3 is 5.97 Å². The summed E-state index contributed by atoms with van der Waals surface area (Å²) in [6, 6.07) is 0. The number of ether oxygens (including phenoxy) is 2. The molecule has 0 saturated carbocycles. The molecule has 1 saturated heterocycles. The van der Waals surface area contributed by atoms with Crippen molar-refractivity contribution in [3.63, 3.8) is 0 Å². The molecule has 0 aliphatic carbocycles. The molecule has 2 rings (SSSR count). The Morgan fingerprint density at radius 2 is 2.40 bits per heavy atom. The van der Waals surface area contributed by atoms with Gasteiger partial charge in [0.15, 0.2) is 0 Å². The summed E-state index contributed by atoms with van der Waals surface area (Å²) in [5.41, 5.74) is -0.163. The fourth-order valence-electron chi connectivity index (χ4n) is 1.99. The molecule has 2 heterocycles. The highest BCUT2D eigenvalue weighted by atomic mass is 32.1. The van der Waals surface area contributed by atoms with E-state index in [0.29, 0.717) is 6.61 Å². The van der Waals surface area contributed by atoms with Gasteiger partial charge in [-0.05, 0) is 27.2 Å². The predicted octanol–water partition coefficient (Wildman–Crippen LogP) is 1.62. The Balaban J connectivity index is 2.05. The number of hydrogen-bond acceptors (Lipinski definition) is 6. The summed E-state index contributed by atoms with van der Waals surface area (Å²) >= 11 is 1.11. The number of esters is 1. The lowest BCUT2D eigenvalue weighted by Gasteiger charge is -2.28. The maximum atomic E-state index is 12.2. The zero-order valence-electron chi connectivity index (χ0n) is 11.8. The Hall–Kier alpha value is -1.47. The summed E-state index contributed by atoms with van der Waals surface area (Å²) in [7, 11) is 0. The number of hydrogen-bond donors (Lipinski definition) is 1. The largest absolute Gasteiger partial charge is 0.461 e. The molecule has 1 aromatic heterocycles. The van der Waals surface area contributed by atoms with Crippen LogP contribution in [0.3, 0.4) is 0 Å². The molecule has 0 radical (unpaired) electrons. The Bertz CT molecular complexity index is 516. The predicted molar refractivity (Wildman–Crippen MR) is 74.0 cm³/mol. The summed E-state index contributed by atoms with van der Waals surface area (Å²) < 4.78 is 10.3. The quantitative estimate of drug-likeness (QED) is 0.855. The highest BCUT2D eigenvalue weighted by Crippen LogP contribution is 2.25. The van der Waals surface area contributed by atoms with E-state index >= 15 is 0 Å². The first-order valence-electron chi connectivity index (χ1n) is 6.53. The molecule has 6 nitrogen and oxygen atoms in total. The summed E-state index contributed by atoms with van der Waals surface area (Å²) in [6.07, 6.45) is 0.712. The molecule has 110 valence electrons. The van der Waals surface area contributed by atoms with Crippen molar-refractivity contribution in [1.29, 1.82) is 0 Å². The van der Waals surface area contributed by atoms with Crippen molar-refractivity contribution in [1.82, 2.24) is 10.3 Å². The minimum Gasteiger partial charge on any atom is -0.461 e. The minimum atomic E-state index is -0.500. The number of thiazole rings is 1. The number of nitrogens with one attached hydrogen (secondary N) is 1. The van der Waals surface area contributed by atoms with E-state index < -0.39 is 11.5 Å². The number of aromatic nitrogens is 1. The van der Waals surface area contributed by atoms with Gasteiger partial charge in [-0.25, -0.2) is 9.78 Å². The van der Waals surface area contributed by atoms with E-state index in [2.05, 4.69) is 10.3 Å². The smallest absolute Gasteiger partial charge is 0.367 e. The van der Waals surface area contributed by atoms with Gasteiger partial charge in [0.2, 0.25) is 5.01 Å². The average Bonchev–Trinajstić information content (AvgIpc) is 2.98. The lowest BCUT2D eigenvalue weighted by Crippen LogP contribution is -2.50. The van der Waals surface area contributed by atoms with Crippen LogP contribution in [0.25, 0.3) is 0 Å². The van der Waals surface area contributed by atoms with Crippen LogP contribution in [0.1, 0.15) is 47.5 Å². The van der Waals surface area contributed by atoms with Gasteiger partial charge in [-0.1, -0.05) is 0 Å². The second-order valence-corrected chi connectivity index (χ2v) is 5.75. The maximum absolute atomic E-state index is 12.2. The lowest BCUT2D eigenvalue weighted by atomic mass is 9.94. The number of amides is 1. The molecule has 7 heteroatoms. The second-order valence-electron chi connectivity index (χ2n) is 4.89. The molecular formula is C13H18N2O4S. The van der Waals surface area contributed by atoms with Crippen molar-refractivity contribution in [2.45, 2.75) is 38.8 Å². The molecule has 0 spiro atoms. The lowest BCUT2D eigenvalue weighted by molar-refractivity contribution is 0.0526. The highest BCUT2D eigenvalue weighted by molar-refractivity contribution is 7.11. The number of nitrogens with zero attached hydrogens (tertiary/aromatic N) is 1. The molecular weight excluding hydrogens is 280 g/mol. The van der Waals surface area contributed by atoms with Gasteiger partial charge < -0.3 is 14.8 Å². The third-order valence-electron chi connectivity index (χ3n) is 3.47. The first kappa shape index (κ1) is 14.9. The molecule has 1 aliphatic rings. The van der Waals surface area contributed by atoms with Crippen LogP contribution in [-0.4, -0.2) is 41.7 Å². The van der Waals surface area contributed by atoms with Crippen LogP contribution >= 0.6 is 11.3 Å². The van der Waals surface area contributed by atoms with Crippen molar-refractivity contribution in [2.75, 3.05) is 13.2 Å². The van der Waals surface area contributed by atoms with Crippen LogP contribution in [0.5, 0.6) is 0 Å². The zero-order chi connectivity index (χ0) is 14.8. The van der Waals surface area contributed by atoms with E-state index in [1.165, 1.54) is 0 Å². The van der Waals surface area contributed by atoms with Crippen molar-refractivity contribution in [3.8, 4) is 0 Å². The van der Waals surface area contributed by atoms with Crippen LogP contribution in [0.15, 0.2) is 5.38 Å². The fourth-order valence-corrected chi connectivity index (χ4v) is 2.68. The van der Waals surface area contributed by atoms with E-state index in [0.717, 1.165) is 17.8 Å². The van der Waals surface area contributed by atoms with Crippen molar-refractivity contribution in [2.24, 2.45) is 0 Å². The van der Waals surface area contributed by atoms with Crippen LogP contribution in [-0.2, 0) is 9.47 Å². The van der Waals surface area contributed by atoms with Crippen LogP contribution in [0.2, 0.25) is 0 Å². The maximum Gasteiger partial charge on any atom is 0.367 e. The van der Waals surface area contributed by atoms with E-state index in [-0.39, 0.29) is 29.3 Å². The minimum absolute atomic E-state index is 0.0467. The molecule has 1 amide bonds. The normalized spacial score (nSPS) is 25.4. The molecule has 1 aliphatic heterocycles. The summed E-state index contributed by atoms with van der Waals surface area (Å²) in [4.78, 5) is 27.7. The van der Waals surface area contributed by atoms with E-state index in [1.807, 2.05) is 13.8 Å². The average molecular weight is 298 g/mol. The van der Waals surface area contributed by atoms with Gasteiger partial charge in [0, 0.05) is 12.0 Å².